The van der Waals surface area contributed by atoms with Gasteiger partial charge in [-0.15, -0.1) is 11.3 Å². The number of carboxylic acids is 1. The number of nitrogens with two attached hydrogens (primary N) is 1. The molecule has 0 amide bonds. The molecule has 180 valence electrons. The number of ether oxygens (including phenoxy) is 2. The minimum Gasteiger partial charge on any atom is -0.497 e. The molecule has 35 heavy (non-hydrogen) atoms. The Morgan fingerprint density at radius 3 is 2.31 bits per heavy atom. The van der Waals surface area contributed by atoms with Crippen molar-refractivity contribution in [3.63, 3.8) is 0 Å². The third-order valence-corrected chi connectivity index (χ3v) is 6.84. The number of hydrogen-bond donors (Lipinski definition) is 2. The number of aromatic nitrogens is 1. The van der Waals surface area contributed by atoms with Gasteiger partial charge in [-0.2, -0.15) is 0 Å². The molecule has 0 aliphatic carbocycles. The number of aryl methyl sites for hydroxylation is 1. The van der Waals surface area contributed by atoms with Gasteiger partial charge in [-0.25, -0.2) is 9.78 Å². The molecule has 7 nitrogen and oxygen atoms in total. The van der Waals surface area contributed by atoms with Gasteiger partial charge in [0.2, 0.25) is 5.78 Å². The van der Waals surface area contributed by atoms with Crippen molar-refractivity contribution in [1.82, 2.24) is 4.98 Å². The fourth-order valence-corrected chi connectivity index (χ4v) is 5.02. The van der Waals surface area contributed by atoms with Crippen molar-refractivity contribution in [3.05, 3.63) is 70.2 Å². The number of carboxylic acid groups (broad SMARTS) is 1. The number of unbranched alkanes of at least 4 members (excludes halogenated alkanes) is 1. The van der Waals surface area contributed by atoms with E-state index in [1.54, 1.807) is 38.3 Å². The zero-order chi connectivity index (χ0) is 25.1. The monoisotopic (exact) mass is 490 g/mol. The van der Waals surface area contributed by atoms with Crippen LogP contribution < -0.4 is 15.2 Å². The lowest BCUT2D eigenvalue weighted by molar-refractivity contribution is 0.0696. The van der Waals surface area contributed by atoms with Gasteiger partial charge >= 0.3 is 5.97 Å². The summed E-state index contributed by atoms with van der Waals surface area (Å²) in [5, 5.41) is 10.5. The number of carbonyl (C=O) groups is 2. The number of fused-ring (bicyclic) bond motifs is 1. The molecule has 8 heteroatoms. The van der Waals surface area contributed by atoms with Crippen LogP contribution in [0.4, 0.5) is 5.69 Å². The lowest BCUT2D eigenvalue weighted by Gasteiger charge is -2.13. The highest BCUT2D eigenvalue weighted by Gasteiger charge is 2.26. The van der Waals surface area contributed by atoms with Crippen LogP contribution in [-0.2, 0) is 0 Å². The number of rotatable bonds is 9. The van der Waals surface area contributed by atoms with Crippen LogP contribution in [0.15, 0.2) is 48.5 Å². The summed E-state index contributed by atoms with van der Waals surface area (Å²) in [5.74, 6) is -0.0227. The summed E-state index contributed by atoms with van der Waals surface area (Å²) in [4.78, 5) is 30.9. The Labute approximate surface area is 207 Å². The molecule has 0 fully saturated rings. The number of methoxy groups -OCH3 is 1. The van der Waals surface area contributed by atoms with E-state index in [0.717, 1.165) is 24.2 Å². The molecule has 0 atom stereocenters. The number of nitrogen functional groups attached to an aromatic ring is 1. The number of hydrogen-bond acceptors (Lipinski definition) is 7. The summed E-state index contributed by atoms with van der Waals surface area (Å²) in [6, 6.07) is 14.0. The maximum atomic E-state index is 13.3. The second-order valence-corrected chi connectivity index (χ2v) is 9.06. The van der Waals surface area contributed by atoms with Crippen LogP contribution in [0.2, 0.25) is 0 Å². The topological polar surface area (TPSA) is 112 Å². The molecule has 0 aliphatic heterocycles. The maximum Gasteiger partial charge on any atom is 0.338 e. The maximum absolute atomic E-state index is 13.3. The number of benzene rings is 2. The first kappa shape index (κ1) is 24.2. The molecule has 0 spiro atoms. The molecule has 2 aromatic heterocycles. The van der Waals surface area contributed by atoms with E-state index in [1.165, 1.54) is 0 Å². The highest BCUT2D eigenvalue weighted by atomic mass is 32.1. The molecule has 2 aromatic carbocycles. The van der Waals surface area contributed by atoms with Crippen LogP contribution in [-0.4, -0.2) is 35.6 Å². The van der Waals surface area contributed by atoms with Crippen LogP contribution in [0.25, 0.3) is 21.3 Å². The van der Waals surface area contributed by atoms with Crippen molar-refractivity contribution in [1.29, 1.82) is 0 Å². The number of nitrogens with zero attached hydrogens (tertiary/aromatic N) is 1. The average molecular weight is 491 g/mol. The molecule has 0 bridgehead atoms. The third kappa shape index (κ3) is 4.70. The lowest BCUT2D eigenvalue weighted by Crippen LogP contribution is -2.06. The normalized spacial score (nSPS) is 10.9. The highest BCUT2D eigenvalue weighted by molar-refractivity contribution is 7.21. The Morgan fingerprint density at radius 2 is 1.71 bits per heavy atom. The molecular formula is C27H26N2O5S. The predicted octanol–water partition coefficient (Wildman–Crippen LogP) is 5.97. The summed E-state index contributed by atoms with van der Waals surface area (Å²) in [6.45, 7) is 4.36. The third-order valence-electron chi connectivity index (χ3n) is 5.74. The molecule has 0 aliphatic rings. The first-order valence-electron chi connectivity index (χ1n) is 11.2. The minimum absolute atomic E-state index is 0.0603. The molecule has 0 unspecified atom stereocenters. The van der Waals surface area contributed by atoms with E-state index in [9.17, 15) is 14.7 Å². The lowest BCUT2D eigenvalue weighted by atomic mass is 9.95. The minimum atomic E-state index is -1.11. The van der Waals surface area contributed by atoms with Crippen LogP contribution in [0.3, 0.4) is 0 Å². The smallest absolute Gasteiger partial charge is 0.338 e. The van der Waals surface area contributed by atoms with Crippen molar-refractivity contribution in [2.45, 2.75) is 26.7 Å². The van der Waals surface area contributed by atoms with Crippen LogP contribution in [0.1, 0.15) is 51.1 Å². The fraction of sp³-hybridized carbons (Fsp3) is 0.222. The Bertz CT molecular complexity index is 1390. The molecule has 4 rings (SSSR count). The van der Waals surface area contributed by atoms with E-state index in [4.69, 9.17) is 15.2 Å². The van der Waals surface area contributed by atoms with Crippen molar-refractivity contribution in [3.8, 4) is 22.6 Å². The summed E-state index contributed by atoms with van der Waals surface area (Å²) in [7, 11) is 1.56. The van der Waals surface area contributed by atoms with E-state index < -0.39 is 5.97 Å². The Hall–Kier alpha value is -3.91. The summed E-state index contributed by atoms with van der Waals surface area (Å²) < 4.78 is 10.9. The quantitative estimate of drug-likeness (QED) is 0.220. The zero-order valence-corrected chi connectivity index (χ0v) is 20.6. The van der Waals surface area contributed by atoms with Gasteiger partial charge in [-0.1, -0.05) is 25.5 Å². The van der Waals surface area contributed by atoms with Gasteiger partial charge in [0.1, 0.15) is 21.2 Å². The second kappa shape index (κ2) is 10.1. The molecule has 0 saturated heterocycles. The summed E-state index contributed by atoms with van der Waals surface area (Å²) in [6.07, 6.45) is 1.98. The van der Waals surface area contributed by atoms with E-state index >= 15 is 0 Å². The number of thiophene rings is 1. The first-order valence-corrected chi connectivity index (χ1v) is 12.0. The molecule has 0 radical (unpaired) electrons. The predicted molar refractivity (Wildman–Crippen MR) is 138 cm³/mol. The van der Waals surface area contributed by atoms with Gasteiger partial charge in [0.25, 0.3) is 0 Å². The van der Waals surface area contributed by atoms with Crippen molar-refractivity contribution in [2.24, 2.45) is 0 Å². The molecule has 2 heterocycles. The summed E-state index contributed by atoms with van der Waals surface area (Å²) in [5.41, 5.74) is 8.71. The SMILES string of the molecule is CCCCOc1ccc(-c2c(C(=O)O)c(C)nc3sc(C(=O)c4ccc(OC)cc4)c(N)c23)cc1. The van der Waals surface area contributed by atoms with Gasteiger partial charge in [0.15, 0.2) is 0 Å². The van der Waals surface area contributed by atoms with E-state index in [-0.39, 0.29) is 17.0 Å². The van der Waals surface area contributed by atoms with Crippen LogP contribution >= 0.6 is 11.3 Å². The Kier molecular flexibility index (Phi) is 7.02. The number of pyridine rings is 1. The standard InChI is InChI=1S/C27H26N2O5S/c1-4-5-14-34-19-12-6-16(7-13-19)21-20(27(31)32)15(2)29-26-22(21)23(28)25(35-26)24(30)17-8-10-18(33-3)11-9-17/h6-13H,4-5,14,28H2,1-3H3,(H,31,32). The van der Waals surface area contributed by atoms with E-state index in [0.29, 0.717) is 55.6 Å². The molecule has 3 N–H and O–H groups in total. The van der Waals surface area contributed by atoms with Crippen molar-refractivity contribution >= 4 is 39.0 Å². The van der Waals surface area contributed by atoms with Crippen molar-refractivity contribution in [2.75, 3.05) is 19.5 Å². The van der Waals surface area contributed by atoms with Gasteiger partial charge in [-0.05, 0) is 55.3 Å². The fourth-order valence-electron chi connectivity index (χ4n) is 3.91. The van der Waals surface area contributed by atoms with Crippen molar-refractivity contribution < 1.29 is 24.2 Å². The summed E-state index contributed by atoms with van der Waals surface area (Å²) >= 11 is 1.16. The first-order chi connectivity index (χ1) is 16.8. The second-order valence-electron chi connectivity index (χ2n) is 8.06. The van der Waals surface area contributed by atoms with Gasteiger partial charge in [-0.3, -0.25) is 4.79 Å². The number of carbonyl (C=O) groups excluding carboxylic acids is 1. The number of ketones is 1. The number of aromatic carboxylic acids is 1. The van der Waals surface area contributed by atoms with E-state index in [1.807, 2.05) is 24.3 Å². The van der Waals surface area contributed by atoms with Gasteiger partial charge in [0.05, 0.1) is 30.7 Å². The van der Waals surface area contributed by atoms with Gasteiger partial charge < -0.3 is 20.3 Å². The molecular weight excluding hydrogens is 464 g/mol. The zero-order valence-electron chi connectivity index (χ0n) is 19.8. The largest absolute Gasteiger partial charge is 0.497 e. The molecule has 4 aromatic rings. The Morgan fingerprint density at radius 1 is 1.06 bits per heavy atom. The van der Waals surface area contributed by atoms with Crippen LogP contribution in [0, 0.1) is 6.92 Å². The van der Waals surface area contributed by atoms with Crippen LogP contribution in [0.5, 0.6) is 11.5 Å². The molecule has 0 saturated carbocycles. The average Bonchev–Trinajstić information content (AvgIpc) is 3.18. The Balaban J connectivity index is 1.85. The van der Waals surface area contributed by atoms with E-state index in [2.05, 4.69) is 11.9 Å². The number of anilines is 1. The van der Waals surface area contributed by atoms with Gasteiger partial charge in [0, 0.05) is 16.5 Å². The highest BCUT2D eigenvalue weighted by Crippen LogP contribution is 2.43.